The van der Waals surface area contributed by atoms with Crippen molar-refractivity contribution >= 4 is 33.4 Å². The maximum Gasteiger partial charge on any atom is 0.291 e. The van der Waals surface area contributed by atoms with Gasteiger partial charge in [-0.1, -0.05) is 6.07 Å². The molecule has 1 aromatic carbocycles. The molecule has 5 nitrogen and oxygen atoms in total. The van der Waals surface area contributed by atoms with E-state index in [0.29, 0.717) is 22.0 Å². The van der Waals surface area contributed by atoms with Crippen molar-refractivity contribution in [2.75, 3.05) is 5.32 Å². The number of amides is 2. The van der Waals surface area contributed by atoms with Crippen LogP contribution in [0.25, 0.3) is 0 Å². The van der Waals surface area contributed by atoms with Crippen molar-refractivity contribution in [2.24, 2.45) is 0 Å². The SMILES string of the molecule is O=C(NC1CC1)c1cccc(NC(=O)c2ccc(Br)o2)c1. The zero-order valence-electron chi connectivity index (χ0n) is 11.1. The van der Waals surface area contributed by atoms with E-state index in [4.69, 9.17) is 4.42 Å². The highest BCUT2D eigenvalue weighted by Crippen LogP contribution is 2.20. The van der Waals surface area contributed by atoms with Crippen molar-refractivity contribution < 1.29 is 14.0 Å². The van der Waals surface area contributed by atoms with Crippen molar-refractivity contribution in [3.63, 3.8) is 0 Å². The van der Waals surface area contributed by atoms with Gasteiger partial charge < -0.3 is 15.1 Å². The number of furan rings is 1. The second kappa shape index (κ2) is 5.73. The van der Waals surface area contributed by atoms with Crippen molar-refractivity contribution in [3.05, 3.63) is 52.4 Å². The largest absolute Gasteiger partial charge is 0.444 e. The van der Waals surface area contributed by atoms with E-state index in [2.05, 4.69) is 26.6 Å². The van der Waals surface area contributed by atoms with Crippen LogP contribution in [0.15, 0.2) is 45.5 Å². The standard InChI is InChI=1S/C15H13BrN2O3/c16-13-7-6-12(21-13)15(20)18-11-3-1-2-9(8-11)14(19)17-10-4-5-10/h1-3,6-8,10H,4-5H2,(H,17,19)(H,18,20). The van der Waals surface area contributed by atoms with Crippen molar-refractivity contribution in [2.45, 2.75) is 18.9 Å². The Morgan fingerprint density at radius 1 is 1.14 bits per heavy atom. The van der Waals surface area contributed by atoms with Gasteiger partial charge in [-0.15, -0.1) is 0 Å². The molecule has 0 spiro atoms. The Labute approximate surface area is 129 Å². The number of carbonyl (C=O) groups excluding carboxylic acids is 2. The Morgan fingerprint density at radius 3 is 2.62 bits per heavy atom. The van der Waals surface area contributed by atoms with Gasteiger partial charge in [-0.25, -0.2) is 0 Å². The summed E-state index contributed by atoms with van der Waals surface area (Å²) >= 11 is 3.15. The third-order valence-corrected chi connectivity index (χ3v) is 3.52. The second-order valence-electron chi connectivity index (χ2n) is 4.89. The van der Waals surface area contributed by atoms with Gasteiger partial charge in [-0.2, -0.15) is 0 Å². The van der Waals surface area contributed by atoms with Gasteiger partial charge >= 0.3 is 0 Å². The Hall–Kier alpha value is -2.08. The lowest BCUT2D eigenvalue weighted by Crippen LogP contribution is -2.25. The van der Waals surface area contributed by atoms with Gasteiger partial charge in [0.15, 0.2) is 10.4 Å². The van der Waals surface area contributed by atoms with Gasteiger partial charge in [-0.05, 0) is 59.1 Å². The van der Waals surface area contributed by atoms with Crippen LogP contribution in [0.2, 0.25) is 0 Å². The predicted molar refractivity (Wildman–Crippen MR) is 81.3 cm³/mol. The van der Waals surface area contributed by atoms with Gasteiger partial charge in [0.05, 0.1) is 0 Å². The summed E-state index contributed by atoms with van der Waals surface area (Å²) in [6, 6.07) is 10.3. The number of carbonyl (C=O) groups is 2. The fourth-order valence-corrected chi connectivity index (χ4v) is 2.17. The molecule has 2 N–H and O–H groups in total. The average Bonchev–Trinajstić information content (AvgIpc) is 3.17. The quantitative estimate of drug-likeness (QED) is 0.891. The number of anilines is 1. The van der Waals surface area contributed by atoms with Crippen LogP contribution in [0.4, 0.5) is 5.69 Å². The van der Waals surface area contributed by atoms with Crippen molar-refractivity contribution in [1.29, 1.82) is 0 Å². The molecule has 0 bridgehead atoms. The lowest BCUT2D eigenvalue weighted by molar-refractivity contribution is 0.0949. The van der Waals surface area contributed by atoms with Crippen LogP contribution in [0.1, 0.15) is 33.8 Å². The molecule has 0 unspecified atom stereocenters. The molecule has 0 saturated heterocycles. The molecule has 1 aromatic heterocycles. The molecule has 1 aliphatic carbocycles. The molecule has 0 atom stereocenters. The highest BCUT2D eigenvalue weighted by atomic mass is 79.9. The summed E-state index contributed by atoms with van der Waals surface area (Å²) in [4.78, 5) is 23.9. The first-order valence-electron chi connectivity index (χ1n) is 6.59. The number of rotatable bonds is 4. The van der Waals surface area contributed by atoms with Crippen molar-refractivity contribution in [3.8, 4) is 0 Å². The zero-order chi connectivity index (χ0) is 14.8. The van der Waals surface area contributed by atoms with E-state index < -0.39 is 0 Å². The van der Waals surface area contributed by atoms with Gasteiger partial charge in [0.1, 0.15) is 0 Å². The lowest BCUT2D eigenvalue weighted by atomic mass is 10.2. The third-order valence-electron chi connectivity index (χ3n) is 3.09. The van der Waals surface area contributed by atoms with Crippen LogP contribution >= 0.6 is 15.9 Å². The van der Waals surface area contributed by atoms with Gasteiger partial charge in [-0.3, -0.25) is 9.59 Å². The molecule has 2 aromatic rings. The van der Waals surface area contributed by atoms with Crippen LogP contribution in [-0.2, 0) is 0 Å². The summed E-state index contributed by atoms with van der Waals surface area (Å²) in [5.74, 6) is -0.274. The van der Waals surface area contributed by atoms with E-state index in [-0.39, 0.29) is 17.6 Å². The number of nitrogens with one attached hydrogen (secondary N) is 2. The molecule has 1 aliphatic rings. The van der Waals surface area contributed by atoms with Gasteiger partial charge in [0.25, 0.3) is 11.8 Å². The molecular formula is C15H13BrN2O3. The third kappa shape index (κ3) is 3.52. The molecule has 0 radical (unpaired) electrons. The first-order valence-corrected chi connectivity index (χ1v) is 7.39. The molecule has 0 aliphatic heterocycles. The van der Waals surface area contributed by atoms with Gasteiger partial charge in [0, 0.05) is 17.3 Å². The highest BCUT2D eigenvalue weighted by Gasteiger charge is 2.23. The lowest BCUT2D eigenvalue weighted by Gasteiger charge is -2.07. The molecule has 108 valence electrons. The van der Waals surface area contributed by atoms with Crippen LogP contribution in [0, 0.1) is 0 Å². The van der Waals surface area contributed by atoms with E-state index in [1.54, 1.807) is 36.4 Å². The maximum absolute atomic E-state index is 12.0. The Balaban J connectivity index is 1.70. The predicted octanol–water partition coefficient (Wildman–Crippen LogP) is 3.19. The Morgan fingerprint density at radius 2 is 1.95 bits per heavy atom. The normalized spacial score (nSPS) is 13.8. The smallest absolute Gasteiger partial charge is 0.291 e. The summed E-state index contributed by atoms with van der Waals surface area (Å²) in [5.41, 5.74) is 1.08. The van der Waals surface area contributed by atoms with Gasteiger partial charge in [0.2, 0.25) is 0 Å². The minimum atomic E-state index is -0.361. The van der Waals surface area contributed by atoms with E-state index in [0.717, 1.165) is 12.8 Å². The summed E-state index contributed by atoms with van der Waals surface area (Å²) in [5, 5.41) is 5.61. The summed E-state index contributed by atoms with van der Waals surface area (Å²) < 4.78 is 5.67. The molecule has 6 heteroatoms. The zero-order valence-corrected chi connectivity index (χ0v) is 12.6. The fraction of sp³-hybridized carbons (Fsp3) is 0.200. The molecule has 21 heavy (non-hydrogen) atoms. The van der Waals surface area contributed by atoms with E-state index >= 15 is 0 Å². The number of halogens is 1. The summed E-state index contributed by atoms with van der Waals surface area (Å²) in [6.07, 6.45) is 2.07. The number of benzene rings is 1. The van der Waals surface area contributed by atoms with E-state index in [1.165, 1.54) is 0 Å². The van der Waals surface area contributed by atoms with Crippen LogP contribution in [0.3, 0.4) is 0 Å². The Kier molecular flexibility index (Phi) is 3.79. The van der Waals surface area contributed by atoms with Crippen molar-refractivity contribution in [1.82, 2.24) is 5.32 Å². The average molecular weight is 349 g/mol. The maximum atomic E-state index is 12.0. The van der Waals surface area contributed by atoms with E-state index in [9.17, 15) is 9.59 Å². The first-order chi connectivity index (χ1) is 10.1. The molecule has 1 saturated carbocycles. The molecular weight excluding hydrogens is 336 g/mol. The minimum Gasteiger partial charge on any atom is -0.444 e. The van der Waals surface area contributed by atoms with Crippen LogP contribution in [0.5, 0.6) is 0 Å². The number of hydrogen-bond donors (Lipinski definition) is 2. The van der Waals surface area contributed by atoms with E-state index in [1.807, 2.05) is 0 Å². The number of hydrogen-bond acceptors (Lipinski definition) is 3. The first kappa shape index (κ1) is 13.9. The van der Waals surface area contributed by atoms with Crippen LogP contribution < -0.4 is 10.6 Å². The Bertz CT molecular complexity index is 692. The summed E-state index contributed by atoms with van der Waals surface area (Å²) in [6.45, 7) is 0. The molecule has 2 amide bonds. The topological polar surface area (TPSA) is 71.3 Å². The van der Waals surface area contributed by atoms with Crippen LogP contribution in [-0.4, -0.2) is 17.9 Å². The monoisotopic (exact) mass is 348 g/mol. The fourth-order valence-electron chi connectivity index (χ4n) is 1.86. The molecule has 1 fully saturated rings. The second-order valence-corrected chi connectivity index (χ2v) is 5.67. The highest BCUT2D eigenvalue weighted by molar-refractivity contribution is 9.10. The summed E-state index contributed by atoms with van der Waals surface area (Å²) in [7, 11) is 0. The molecule has 1 heterocycles. The minimum absolute atomic E-state index is 0.116. The molecule has 3 rings (SSSR count).